The van der Waals surface area contributed by atoms with Crippen LogP contribution in [0.5, 0.6) is 0 Å². The average Bonchev–Trinajstić information content (AvgIpc) is 1.89. The Morgan fingerprint density at radius 2 is 2.33 bits per heavy atom. The van der Waals surface area contributed by atoms with Crippen molar-refractivity contribution in [2.24, 2.45) is 0 Å². The van der Waals surface area contributed by atoms with Gasteiger partial charge in [0.2, 0.25) is 0 Å². The molecule has 0 nitrogen and oxygen atoms in total. The zero-order valence-electron chi connectivity index (χ0n) is 6.02. The molecule has 0 fully saturated rings. The van der Waals surface area contributed by atoms with E-state index in [2.05, 4.69) is 38.9 Å². The van der Waals surface area contributed by atoms with E-state index in [1.807, 2.05) is 0 Å². The first kappa shape index (κ1) is 6.53. The summed E-state index contributed by atoms with van der Waals surface area (Å²) in [5.74, 6) is 2.08. The topological polar surface area (TPSA) is 0 Å². The zero-order chi connectivity index (χ0) is 6.69. The van der Waals surface area contributed by atoms with Gasteiger partial charge in [0.25, 0.3) is 0 Å². The van der Waals surface area contributed by atoms with E-state index in [1.54, 1.807) is 0 Å². The maximum atomic E-state index is 2.18. The third-order valence-corrected chi connectivity index (χ3v) is 1.64. The third-order valence-electron chi connectivity index (χ3n) is 1.64. The van der Waals surface area contributed by atoms with Gasteiger partial charge in [-0.25, -0.2) is 0 Å². The Balaban J connectivity index is 3.01. The van der Waals surface area contributed by atoms with Gasteiger partial charge in [-0.2, -0.15) is 0 Å². The molecule has 1 aromatic heterocycles. The van der Waals surface area contributed by atoms with Crippen LogP contribution in [0.15, 0.2) is 18.1 Å². The molecule has 0 bridgehead atoms. The molecule has 1 heterocycles. The summed E-state index contributed by atoms with van der Waals surface area (Å²) in [6.07, 6.45) is 1.15. The summed E-state index contributed by atoms with van der Waals surface area (Å²) in [7, 11) is 0. The molecular formula is C8H11B. The average molecular weight is 118 g/mol. The minimum atomic E-state index is 1.15. The molecule has 0 unspecified atom stereocenters. The summed E-state index contributed by atoms with van der Waals surface area (Å²) < 4.78 is 0. The number of hydrogen-bond acceptors (Lipinski definition) is 0. The molecule has 0 saturated heterocycles. The number of aryl methyl sites for hydroxylation is 2. The van der Waals surface area contributed by atoms with E-state index >= 15 is 0 Å². The van der Waals surface area contributed by atoms with Crippen molar-refractivity contribution in [2.75, 3.05) is 0 Å². The van der Waals surface area contributed by atoms with Crippen molar-refractivity contribution in [2.45, 2.75) is 20.3 Å². The summed E-state index contributed by atoms with van der Waals surface area (Å²) >= 11 is 0. The molecule has 0 aromatic carbocycles. The summed E-state index contributed by atoms with van der Waals surface area (Å²) in [6, 6.07) is 4.27. The second kappa shape index (κ2) is 2.81. The van der Waals surface area contributed by atoms with Gasteiger partial charge < -0.3 is 0 Å². The normalized spacial score (nSPS) is 9.11. The molecule has 1 heteroatoms. The van der Waals surface area contributed by atoms with Gasteiger partial charge in [0.15, 0.2) is 0 Å². The molecule has 46 valence electrons. The van der Waals surface area contributed by atoms with Crippen molar-refractivity contribution in [1.29, 1.82) is 0 Å². The number of hydrogen-bond donors (Lipinski definition) is 0. The van der Waals surface area contributed by atoms with Crippen molar-refractivity contribution < 1.29 is 0 Å². The van der Waals surface area contributed by atoms with Crippen molar-refractivity contribution in [3.63, 3.8) is 0 Å². The van der Waals surface area contributed by atoms with Crippen molar-refractivity contribution in [1.82, 2.24) is 0 Å². The molecule has 1 rings (SSSR count). The van der Waals surface area contributed by atoms with E-state index < -0.39 is 0 Å². The van der Waals surface area contributed by atoms with Crippen LogP contribution < -0.4 is 0 Å². The van der Waals surface area contributed by atoms with Crippen LogP contribution >= 0.6 is 0 Å². The summed E-state index contributed by atoms with van der Waals surface area (Å²) in [5.41, 5.74) is 2.86. The molecule has 9 heavy (non-hydrogen) atoms. The van der Waals surface area contributed by atoms with Crippen LogP contribution in [0.4, 0.5) is 0 Å². The van der Waals surface area contributed by atoms with E-state index in [9.17, 15) is 0 Å². The Morgan fingerprint density at radius 3 is 2.78 bits per heavy atom. The third kappa shape index (κ3) is 1.41. The molecule has 0 saturated carbocycles. The maximum absolute atomic E-state index is 2.18. The molecule has 0 amide bonds. The van der Waals surface area contributed by atoms with Gasteiger partial charge in [-0.1, -0.05) is 0 Å². The second-order valence-corrected chi connectivity index (χ2v) is 2.28. The first-order valence-electron chi connectivity index (χ1n) is 3.39. The van der Waals surface area contributed by atoms with Crippen LogP contribution in [0, 0.1) is 6.92 Å². The first-order valence-corrected chi connectivity index (χ1v) is 3.39. The van der Waals surface area contributed by atoms with E-state index in [4.69, 9.17) is 0 Å². The molecule has 0 radical (unpaired) electrons. The van der Waals surface area contributed by atoms with Crippen molar-refractivity contribution >= 4 is 6.91 Å². The van der Waals surface area contributed by atoms with Crippen molar-refractivity contribution in [3.05, 3.63) is 29.1 Å². The SMILES string of the molecule is CCc1cccbc1C. The Bertz CT molecular complexity index is 194. The van der Waals surface area contributed by atoms with Gasteiger partial charge in [-0.3, -0.25) is 0 Å². The van der Waals surface area contributed by atoms with Crippen molar-refractivity contribution in [3.8, 4) is 0 Å². The summed E-state index contributed by atoms with van der Waals surface area (Å²) in [4.78, 5) is 0. The zero-order valence-corrected chi connectivity index (χ0v) is 6.02. The predicted molar refractivity (Wildman–Crippen MR) is 41.9 cm³/mol. The van der Waals surface area contributed by atoms with E-state index in [-0.39, 0.29) is 0 Å². The quantitative estimate of drug-likeness (QED) is 0.528. The molecule has 1 aromatic rings. The Labute approximate surface area is 57.1 Å². The van der Waals surface area contributed by atoms with Crippen LogP contribution in [-0.4, -0.2) is 6.91 Å². The Kier molecular flexibility index (Phi) is 2.04. The Morgan fingerprint density at radius 1 is 1.56 bits per heavy atom. The monoisotopic (exact) mass is 118 g/mol. The molecule has 0 aliphatic heterocycles. The molecule has 0 spiro atoms. The van der Waals surface area contributed by atoms with Gasteiger partial charge in [-0.15, -0.1) is 0 Å². The fraction of sp³-hybridized carbons (Fsp3) is 0.375. The molecule has 0 N–H and O–H groups in total. The summed E-state index contributed by atoms with van der Waals surface area (Å²) in [6.45, 7) is 6.49. The molecular weight excluding hydrogens is 107 g/mol. The predicted octanol–water partition coefficient (Wildman–Crippen LogP) is 1.90. The van der Waals surface area contributed by atoms with Gasteiger partial charge in [0.1, 0.15) is 0 Å². The Hall–Kier alpha value is -0.585. The molecule has 0 aliphatic rings. The van der Waals surface area contributed by atoms with Crippen LogP contribution in [0.25, 0.3) is 0 Å². The van der Waals surface area contributed by atoms with Gasteiger partial charge in [0, 0.05) is 0 Å². The van der Waals surface area contributed by atoms with Crippen LogP contribution in [0.1, 0.15) is 17.9 Å². The van der Waals surface area contributed by atoms with Crippen LogP contribution in [0.3, 0.4) is 0 Å². The van der Waals surface area contributed by atoms with E-state index in [0.717, 1.165) is 6.42 Å². The minimum absolute atomic E-state index is 1.15. The fourth-order valence-electron chi connectivity index (χ4n) is 1.01. The van der Waals surface area contributed by atoms with Gasteiger partial charge >= 0.3 is 56.3 Å². The van der Waals surface area contributed by atoms with E-state index in [0.29, 0.717) is 0 Å². The standard InChI is InChI=1S/C8H11B/c1-3-8-5-4-6-9-7(8)2/h4-6H,3H2,1-2H3. The van der Waals surface area contributed by atoms with E-state index in [1.165, 1.54) is 11.0 Å². The van der Waals surface area contributed by atoms with Gasteiger partial charge in [0.05, 0.1) is 0 Å². The summed E-state index contributed by atoms with van der Waals surface area (Å²) in [5, 5.41) is 0. The van der Waals surface area contributed by atoms with Crippen LogP contribution in [0.2, 0.25) is 0 Å². The second-order valence-electron chi connectivity index (χ2n) is 2.28. The fourth-order valence-corrected chi connectivity index (χ4v) is 1.01. The molecule has 0 aliphatic carbocycles. The number of rotatable bonds is 1. The molecule has 0 atom stereocenters. The van der Waals surface area contributed by atoms with Crippen LogP contribution in [-0.2, 0) is 6.42 Å². The van der Waals surface area contributed by atoms with Gasteiger partial charge in [-0.05, 0) is 0 Å². The first-order chi connectivity index (χ1) is 4.34.